The van der Waals surface area contributed by atoms with Crippen LogP contribution in [0.4, 0.5) is 0 Å². The molecule has 1 unspecified atom stereocenters. The maximum atomic E-state index is 10.4. The number of likely N-dealkylation sites (N-methyl/N-ethyl adjacent to an activating group) is 1. The van der Waals surface area contributed by atoms with Gasteiger partial charge in [-0.05, 0) is 13.1 Å². The second-order valence-electron chi connectivity index (χ2n) is 6.63. The maximum Gasteiger partial charge on any atom is 0.230 e. The summed E-state index contributed by atoms with van der Waals surface area (Å²) in [6, 6.07) is 7.97. The molecule has 0 aliphatic carbocycles. The minimum Gasteiger partial charge on any atom is -0.496 e. The number of benzene rings is 1. The molecule has 140 valence electrons. The van der Waals surface area contributed by atoms with E-state index in [0.717, 1.165) is 24.4 Å². The fourth-order valence-corrected chi connectivity index (χ4v) is 3.29. The van der Waals surface area contributed by atoms with Gasteiger partial charge in [-0.25, -0.2) is 0 Å². The number of rotatable bonds is 7. The van der Waals surface area contributed by atoms with E-state index >= 15 is 0 Å². The monoisotopic (exact) mass is 358 g/mol. The maximum absolute atomic E-state index is 10.4. The number of ether oxygens (including phenoxy) is 1. The van der Waals surface area contributed by atoms with Crippen molar-refractivity contribution in [2.24, 2.45) is 0 Å². The minimum atomic E-state index is -0.399. The highest BCUT2D eigenvalue weighted by atomic mass is 16.5. The van der Waals surface area contributed by atoms with E-state index in [1.165, 1.54) is 0 Å². The van der Waals surface area contributed by atoms with Gasteiger partial charge in [0.2, 0.25) is 11.8 Å². The summed E-state index contributed by atoms with van der Waals surface area (Å²) in [6.45, 7) is 4.53. The molecule has 26 heavy (non-hydrogen) atoms. The third-order valence-corrected chi connectivity index (χ3v) is 4.65. The van der Waals surface area contributed by atoms with Crippen molar-refractivity contribution in [1.29, 1.82) is 0 Å². The molecule has 1 aliphatic rings. The first kappa shape index (κ1) is 18.6. The van der Waals surface area contributed by atoms with E-state index in [9.17, 15) is 5.11 Å². The number of para-hydroxylation sites is 1. The van der Waals surface area contributed by atoms with Crippen LogP contribution in [0.5, 0.6) is 5.75 Å². The highest BCUT2D eigenvalue weighted by Gasteiger charge is 2.33. The summed E-state index contributed by atoms with van der Waals surface area (Å²) in [5.41, 5.74) is 1.05. The first-order valence-corrected chi connectivity index (χ1v) is 8.76. The normalized spacial score (nSPS) is 21.1. The summed E-state index contributed by atoms with van der Waals surface area (Å²) in [4.78, 5) is 4.30. The van der Waals surface area contributed by atoms with Gasteiger partial charge in [0.25, 0.3) is 0 Å². The second-order valence-corrected chi connectivity index (χ2v) is 6.63. The Kier molecular flexibility index (Phi) is 6.03. The highest BCUT2D eigenvalue weighted by molar-refractivity contribution is 5.57. The number of hydrogen-bond acceptors (Lipinski definition) is 7. The van der Waals surface area contributed by atoms with Gasteiger partial charge >= 0.3 is 0 Å². The van der Waals surface area contributed by atoms with Crippen molar-refractivity contribution in [2.75, 3.05) is 33.8 Å². The molecule has 2 heterocycles. The average molecular weight is 358 g/mol. The van der Waals surface area contributed by atoms with Gasteiger partial charge in [0.15, 0.2) is 0 Å². The molecule has 3 rings (SSSR count). The van der Waals surface area contributed by atoms with Crippen molar-refractivity contribution >= 4 is 6.08 Å². The lowest BCUT2D eigenvalue weighted by molar-refractivity contribution is 0.0899. The molecular formula is C19H26N4O3. The SMILES string of the molecule is COc1ccccc1/C=C/CN1CC(N(C)Cc2nnc(C)o2)[C@H](O)C1. The zero-order valence-electron chi connectivity index (χ0n) is 15.5. The second kappa shape index (κ2) is 8.44. The van der Waals surface area contributed by atoms with Crippen molar-refractivity contribution in [3.63, 3.8) is 0 Å². The molecule has 2 atom stereocenters. The summed E-state index contributed by atoms with van der Waals surface area (Å²) in [7, 11) is 3.65. The van der Waals surface area contributed by atoms with Crippen LogP contribution in [0.1, 0.15) is 17.3 Å². The highest BCUT2D eigenvalue weighted by Crippen LogP contribution is 2.20. The Balaban J connectivity index is 1.54. The van der Waals surface area contributed by atoms with E-state index in [1.807, 2.05) is 31.3 Å². The molecule has 7 nitrogen and oxygen atoms in total. The molecule has 1 N–H and O–H groups in total. The number of aromatic nitrogens is 2. The lowest BCUT2D eigenvalue weighted by Gasteiger charge is -2.24. The number of methoxy groups -OCH3 is 1. The van der Waals surface area contributed by atoms with Gasteiger partial charge < -0.3 is 14.3 Å². The largest absolute Gasteiger partial charge is 0.496 e. The Morgan fingerprint density at radius 1 is 1.35 bits per heavy atom. The van der Waals surface area contributed by atoms with Crippen LogP contribution in [0.2, 0.25) is 0 Å². The minimum absolute atomic E-state index is 0.0434. The fourth-order valence-electron chi connectivity index (χ4n) is 3.29. The van der Waals surface area contributed by atoms with Gasteiger partial charge in [0.1, 0.15) is 5.75 Å². The Morgan fingerprint density at radius 2 is 2.15 bits per heavy atom. The molecule has 0 bridgehead atoms. The van der Waals surface area contributed by atoms with E-state index in [2.05, 4.69) is 32.1 Å². The lowest BCUT2D eigenvalue weighted by Crippen LogP contribution is -2.40. The van der Waals surface area contributed by atoms with E-state index in [1.54, 1.807) is 14.0 Å². The number of likely N-dealkylation sites (tertiary alicyclic amines) is 1. The predicted octanol–water partition coefficient (Wildman–Crippen LogP) is 1.58. The smallest absolute Gasteiger partial charge is 0.230 e. The molecule has 1 saturated heterocycles. The third-order valence-electron chi connectivity index (χ3n) is 4.65. The molecule has 1 aromatic heterocycles. The van der Waals surface area contributed by atoms with Crippen LogP contribution in [0.3, 0.4) is 0 Å². The average Bonchev–Trinajstić information content (AvgIpc) is 3.20. The van der Waals surface area contributed by atoms with Gasteiger partial charge in [-0.2, -0.15) is 0 Å². The summed E-state index contributed by atoms with van der Waals surface area (Å²) < 4.78 is 10.8. The van der Waals surface area contributed by atoms with E-state index in [4.69, 9.17) is 9.15 Å². The molecule has 7 heteroatoms. The summed E-state index contributed by atoms with van der Waals surface area (Å²) in [5, 5.41) is 18.3. The zero-order chi connectivity index (χ0) is 18.5. The van der Waals surface area contributed by atoms with E-state index in [-0.39, 0.29) is 6.04 Å². The summed E-state index contributed by atoms with van der Waals surface area (Å²) in [6.07, 6.45) is 3.77. The first-order valence-electron chi connectivity index (χ1n) is 8.76. The molecule has 1 aromatic carbocycles. The Hall–Kier alpha value is -2.22. The van der Waals surface area contributed by atoms with Crippen LogP contribution in [-0.2, 0) is 6.54 Å². The van der Waals surface area contributed by atoms with Gasteiger partial charge in [-0.1, -0.05) is 30.4 Å². The number of aryl methyl sites for hydroxylation is 1. The van der Waals surface area contributed by atoms with Crippen molar-refractivity contribution in [1.82, 2.24) is 20.0 Å². The molecule has 1 fully saturated rings. The summed E-state index contributed by atoms with van der Waals surface area (Å²) >= 11 is 0. The summed E-state index contributed by atoms with van der Waals surface area (Å²) in [5.74, 6) is 1.99. The first-order chi connectivity index (χ1) is 12.6. The third kappa shape index (κ3) is 4.49. The molecule has 0 amide bonds. The number of β-amino-alcohol motifs (C(OH)–C–C–N with tert-alkyl or cyclic N) is 1. The van der Waals surface area contributed by atoms with E-state index < -0.39 is 6.10 Å². The number of nitrogens with zero attached hydrogens (tertiary/aromatic N) is 4. The van der Waals surface area contributed by atoms with Crippen LogP contribution in [-0.4, -0.2) is 71.0 Å². The van der Waals surface area contributed by atoms with Gasteiger partial charge in [0.05, 0.1) is 19.8 Å². The van der Waals surface area contributed by atoms with Crippen molar-refractivity contribution in [3.8, 4) is 5.75 Å². The fraction of sp³-hybridized carbons (Fsp3) is 0.474. The van der Waals surface area contributed by atoms with Crippen LogP contribution in [0, 0.1) is 6.92 Å². The molecule has 2 aromatic rings. The number of aliphatic hydroxyl groups is 1. The lowest BCUT2D eigenvalue weighted by atomic mass is 10.2. The van der Waals surface area contributed by atoms with Crippen molar-refractivity contribution < 1.29 is 14.3 Å². The number of aliphatic hydroxyl groups excluding tert-OH is 1. The predicted molar refractivity (Wildman–Crippen MR) is 98.8 cm³/mol. The molecule has 0 spiro atoms. The number of hydrogen-bond donors (Lipinski definition) is 1. The standard InChI is InChI=1S/C19H26N4O3/c1-14-20-21-19(26-14)13-22(2)16-11-23(12-17(16)24)10-6-8-15-7-4-5-9-18(15)25-3/h4-9,16-17,24H,10-13H2,1-3H3/b8-6+/t16?,17-/m1/s1. The van der Waals surface area contributed by atoms with Crippen LogP contribution >= 0.6 is 0 Å². The Morgan fingerprint density at radius 3 is 2.88 bits per heavy atom. The van der Waals surface area contributed by atoms with Gasteiger partial charge in [-0.3, -0.25) is 9.80 Å². The molecule has 0 saturated carbocycles. The molecule has 0 radical (unpaired) electrons. The van der Waals surface area contributed by atoms with Crippen molar-refractivity contribution in [2.45, 2.75) is 25.6 Å². The quantitative estimate of drug-likeness (QED) is 0.805. The van der Waals surface area contributed by atoms with Gasteiger partial charge in [0, 0.05) is 38.2 Å². The zero-order valence-corrected chi connectivity index (χ0v) is 15.5. The van der Waals surface area contributed by atoms with Crippen LogP contribution in [0.25, 0.3) is 6.08 Å². The Bertz CT molecular complexity index is 746. The topological polar surface area (TPSA) is 74.9 Å². The molecule has 1 aliphatic heterocycles. The Labute approximate surface area is 153 Å². The van der Waals surface area contributed by atoms with Crippen LogP contribution < -0.4 is 4.74 Å². The molecular weight excluding hydrogens is 332 g/mol. The van der Waals surface area contributed by atoms with Crippen LogP contribution in [0.15, 0.2) is 34.8 Å². The van der Waals surface area contributed by atoms with E-state index in [0.29, 0.717) is 24.9 Å². The van der Waals surface area contributed by atoms with Gasteiger partial charge in [-0.15, -0.1) is 10.2 Å². The van der Waals surface area contributed by atoms with Crippen molar-refractivity contribution in [3.05, 3.63) is 47.7 Å².